The fraction of sp³-hybridized carbons (Fsp3) is 0.200. The molecule has 0 bridgehead atoms. The Labute approximate surface area is 206 Å². The Morgan fingerprint density at radius 1 is 1.09 bits per heavy atom. The van der Waals surface area contributed by atoms with Gasteiger partial charge in [-0.15, -0.1) is 10.2 Å². The van der Waals surface area contributed by atoms with E-state index in [1.54, 1.807) is 11.0 Å². The molecule has 1 aliphatic rings. The summed E-state index contributed by atoms with van der Waals surface area (Å²) >= 11 is 7.78. The molecule has 7 nitrogen and oxygen atoms in total. The van der Waals surface area contributed by atoms with E-state index in [0.29, 0.717) is 44.5 Å². The van der Waals surface area contributed by atoms with Crippen molar-refractivity contribution in [1.82, 2.24) is 15.2 Å². The van der Waals surface area contributed by atoms with Crippen LogP contribution >= 0.6 is 23.4 Å². The van der Waals surface area contributed by atoms with Crippen LogP contribution in [-0.4, -0.2) is 26.8 Å². The molecule has 0 saturated heterocycles. The predicted molar refractivity (Wildman–Crippen MR) is 132 cm³/mol. The Bertz CT molecular complexity index is 1390. The molecule has 2 aromatic carbocycles. The van der Waals surface area contributed by atoms with Gasteiger partial charge in [0.1, 0.15) is 5.76 Å². The van der Waals surface area contributed by atoms with E-state index in [0.717, 1.165) is 16.9 Å². The van der Waals surface area contributed by atoms with Gasteiger partial charge in [-0.1, -0.05) is 60.6 Å². The number of rotatable bonds is 4. The lowest BCUT2D eigenvalue weighted by Gasteiger charge is -2.28. The van der Waals surface area contributed by atoms with Gasteiger partial charge < -0.3 is 9.15 Å². The van der Waals surface area contributed by atoms with Gasteiger partial charge in [-0.3, -0.25) is 9.69 Å². The number of furan rings is 1. The van der Waals surface area contributed by atoms with Gasteiger partial charge in [0.15, 0.2) is 11.5 Å². The molecule has 0 aliphatic carbocycles. The molecule has 0 saturated carbocycles. The largest absolute Gasteiger partial charge is 0.455 e. The van der Waals surface area contributed by atoms with Crippen LogP contribution in [0.2, 0.25) is 5.02 Å². The highest BCUT2D eigenvalue weighted by atomic mass is 35.5. The average molecular weight is 493 g/mol. The number of ether oxygens (including phenoxy) is 1. The molecular formula is C25H21ClN4O3S. The van der Waals surface area contributed by atoms with E-state index in [4.69, 9.17) is 20.8 Å². The van der Waals surface area contributed by atoms with Crippen LogP contribution < -0.4 is 9.64 Å². The molecule has 172 valence electrons. The molecule has 0 radical (unpaired) electrons. The van der Waals surface area contributed by atoms with Gasteiger partial charge in [-0.05, 0) is 42.5 Å². The summed E-state index contributed by atoms with van der Waals surface area (Å²) in [6, 6.07) is 16.8. The first-order valence-electron chi connectivity index (χ1n) is 10.8. The smallest absolute Gasteiger partial charge is 0.247 e. The number of amides is 1. The lowest BCUT2D eigenvalue weighted by Crippen LogP contribution is -2.35. The van der Waals surface area contributed by atoms with E-state index >= 15 is 0 Å². The van der Waals surface area contributed by atoms with Crippen LogP contribution in [0.5, 0.6) is 5.88 Å². The summed E-state index contributed by atoms with van der Waals surface area (Å²) in [5.41, 5.74) is 3.60. The first-order valence-corrected chi connectivity index (χ1v) is 12.1. The Hall–Kier alpha value is -3.36. The maximum Gasteiger partial charge on any atom is 0.247 e. The number of hydrogen-bond donors (Lipinski definition) is 0. The highest BCUT2D eigenvalue weighted by Crippen LogP contribution is 2.44. The number of fused-ring (bicyclic) bond motifs is 3. The maximum atomic E-state index is 12.9. The van der Waals surface area contributed by atoms with E-state index in [2.05, 4.69) is 15.2 Å². The molecule has 0 N–H and O–H groups in total. The molecule has 1 amide bonds. The van der Waals surface area contributed by atoms with Crippen molar-refractivity contribution in [1.29, 1.82) is 0 Å². The van der Waals surface area contributed by atoms with Gasteiger partial charge >= 0.3 is 0 Å². The van der Waals surface area contributed by atoms with Crippen molar-refractivity contribution in [2.24, 2.45) is 0 Å². The van der Waals surface area contributed by atoms with Crippen LogP contribution in [0.25, 0.3) is 22.6 Å². The van der Waals surface area contributed by atoms with Gasteiger partial charge in [0.05, 0.1) is 5.69 Å². The molecular weight excluding hydrogens is 472 g/mol. The maximum absolute atomic E-state index is 12.9. The molecule has 4 aromatic rings. The van der Waals surface area contributed by atoms with Crippen molar-refractivity contribution >= 4 is 35.0 Å². The quantitative estimate of drug-likeness (QED) is 0.308. The number of nitrogens with zero attached hydrogens (tertiary/aromatic N) is 4. The first-order chi connectivity index (χ1) is 16.5. The van der Waals surface area contributed by atoms with E-state index in [1.165, 1.54) is 18.7 Å². The number of hydrogen-bond acceptors (Lipinski definition) is 7. The number of anilines is 1. The topological polar surface area (TPSA) is 81.3 Å². The van der Waals surface area contributed by atoms with Crippen LogP contribution in [-0.2, 0) is 4.79 Å². The second-order valence-corrected chi connectivity index (χ2v) is 9.31. The molecule has 9 heteroatoms. The summed E-state index contributed by atoms with van der Waals surface area (Å²) in [5.74, 6) is 1.96. The molecule has 0 fully saturated rings. The van der Waals surface area contributed by atoms with Crippen LogP contribution in [0, 0.1) is 6.92 Å². The Morgan fingerprint density at radius 3 is 2.68 bits per heavy atom. The standard InChI is InChI=1S/C25H21ClN4O3S/c1-4-34-25-27-23-22(28-29-25)17-8-5-6-11-19(17)30(15(3)31)24(33-23)21-13-12-20(32-21)16-9-7-10-18(26)14(16)2/h5-13,24H,4H2,1-3H3/t24-/m0/s1. The Kier molecular flexibility index (Phi) is 6.02. The van der Waals surface area contributed by atoms with Crippen LogP contribution in [0.1, 0.15) is 31.4 Å². The molecule has 1 atom stereocenters. The van der Waals surface area contributed by atoms with Gasteiger partial charge in [0, 0.05) is 23.1 Å². The van der Waals surface area contributed by atoms with Crippen molar-refractivity contribution < 1.29 is 13.9 Å². The van der Waals surface area contributed by atoms with E-state index in [1.807, 2.05) is 62.4 Å². The lowest BCUT2D eigenvalue weighted by molar-refractivity contribution is -0.118. The van der Waals surface area contributed by atoms with Crippen LogP contribution in [0.3, 0.4) is 0 Å². The summed E-state index contributed by atoms with van der Waals surface area (Å²) in [6.07, 6.45) is -0.885. The number of carbonyl (C=O) groups is 1. The number of aromatic nitrogens is 3. The number of benzene rings is 2. The molecule has 5 rings (SSSR count). The molecule has 3 heterocycles. The fourth-order valence-electron chi connectivity index (χ4n) is 3.93. The zero-order chi connectivity index (χ0) is 23.8. The third kappa shape index (κ3) is 3.93. The second-order valence-electron chi connectivity index (χ2n) is 7.67. The minimum Gasteiger partial charge on any atom is -0.455 e. The van der Waals surface area contributed by atoms with Crippen molar-refractivity contribution in [3.63, 3.8) is 0 Å². The highest BCUT2D eigenvalue weighted by Gasteiger charge is 2.36. The van der Waals surface area contributed by atoms with Crippen molar-refractivity contribution in [2.75, 3.05) is 10.7 Å². The Morgan fingerprint density at radius 2 is 1.88 bits per heavy atom. The number of carbonyl (C=O) groups excluding carboxylic acids is 1. The summed E-state index contributed by atoms with van der Waals surface area (Å²) in [5, 5.41) is 9.78. The fourth-order valence-corrected chi connectivity index (χ4v) is 4.61. The summed E-state index contributed by atoms with van der Waals surface area (Å²) in [7, 11) is 0. The second kappa shape index (κ2) is 9.12. The SMILES string of the molecule is CCSc1nnc2c(n1)O[C@@H](c1ccc(-c3cccc(Cl)c3C)o1)N(C(C)=O)c1ccccc1-2. The number of thioether (sulfide) groups is 1. The highest BCUT2D eigenvalue weighted by molar-refractivity contribution is 7.99. The molecule has 2 aromatic heterocycles. The van der Waals surface area contributed by atoms with Gasteiger partial charge in [0.25, 0.3) is 0 Å². The van der Waals surface area contributed by atoms with Gasteiger partial charge in [-0.2, -0.15) is 4.98 Å². The third-order valence-corrected chi connectivity index (χ3v) is 6.66. The molecule has 34 heavy (non-hydrogen) atoms. The summed E-state index contributed by atoms with van der Waals surface area (Å²) in [6.45, 7) is 5.44. The molecule has 0 spiro atoms. The minimum absolute atomic E-state index is 0.210. The van der Waals surface area contributed by atoms with Gasteiger partial charge in [0.2, 0.25) is 23.2 Å². The van der Waals surface area contributed by atoms with Crippen LogP contribution in [0.4, 0.5) is 5.69 Å². The third-order valence-electron chi connectivity index (χ3n) is 5.53. The zero-order valence-corrected chi connectivity index (χ0v) is 20.4. The summed E-state index contributed by atoms with van der Waals surface area (Å²) in [4.78, 5) is 19.1. The van der Waals surface area contributed by atoms with Crippen molar-refractivity contribution in [2.45, 2.75) is 32.2 Å². The van der Waals surface area contributed by atoms with Crippen molar-refractivity contribution in [3.05, 3.63) is 70.9 Å². The predicted octanol–water partition coefficient (Wildman–Crippen LogP) is 6.32. The molecule has 1 aliphatic heterocycles. The minimum atomic E-state index is -0.885. The van der Waals surface area contributed by atoms with E-state index in [-0.39, 0.29) is 5.91 Å². The Balaban J connectivity index is 1.66. The van der Waals surface area contributed by atoms with Gasteiger partial charge in [-0.25, -0.2) is 0 Å². The zero-order valence-electron chi connectivity index (χ0n) is 18.8. The lowest BCUT2D eigenvalue weighted by atomic mass is 10.1. The average Bonchev–Trinajstić information content (AvgIpc) is 3.25. The van der Waals surface area contributed by atoms with Crippen LogP contribution in [0.15, 0.2) is 64.2 Å². The number of para-hydroxylation sites is 1. The van der Waals surface area contributed by atoms with E-state index < -0.39 is 6.23 Å². The number of halogens is 1. The van der Waals surface area contributed by atoms with E-state index in [9.17, 15) is 4.79 Å². The summed E-state index contributed by atoms with van der Waals surface area (Å²) < 4.78 is 12.6. The first kappa shape index (κ1) is 22.4. The molecule has 0 unspecified atom stereocenters. The van der Waals surface area contributed by atoms with Crippen molar-refractivity contribution in [3.8, 4) is 28.5 Å². The monoisotopic (exact) mass is 492 g/mol. The normalized spacial score (nSPS) is 14.7.